The van der Waals surface area contributed by atoms with Crippen molar-refractivity contribution in [2.45, 2.75) is 245 Å². The van der Waals surface area contributed by atoms with Gasteiger partial charge in [-0.3, -0.25) is 18.6 Å². The van der Waals surface area contributed by atoms with Crippen LogP contribution in [0.25, 0.3) is 0 Å². The highest BCUT2D eigenvalue weighted by Gasteiger charge is 2.25. The molecule has 0 aromatic heterocycles. The van der Waals surface area contributed by atoms with Gasteiger partial charge in [0.15, 0.2) is 6.10 Å². The first-order valence-corrected chi connectivity index (χ1v) is 24.5. The monoisotopic (exact) mass is 787 g/mol. The average Bonchev–Trinajstić information content (AvgIpc) is 3.15. The first kappa shape index (κ1) is 52.8. The minimum absolute atomic E-state index is 0.00339. The molecule has 0 aliphatic rings. The molecule has 0 bridgehead atoms. The highest BCUT2D eigenvalue weighted by atomic mass is 31.2. The van der Waals surface area contributed by atoms with Gasteiger partial charge in [-0.05, 0) is 45.4 Å². The van der Waals surface area contributed by atoms with E-state index in [2.05, 4.69) is 26.0 Å². The van der Waals surface area contributed by atoms with Crippen LogP contribution in [0.15, 0.2) is 12.2 Å². The summed E-state index contributed by atoms with van der Waals surface area (Å²) in [6, 6.07) is 0. The number of allylic oxidation sites excluding steroid dienone is 2. The van der Waals surface area contributed by atoms with Crippen LogP contribution in [0.3, 0.4) is 0 Å². The van der Waals surface area contributed by atoms with Crippen molar-refractivity contribution in [2.24, 2.45) is 0 Å². The molecular weight excluding hydrogens is 699 g/mol. The van der Waals surface area contributed by atoms with Gasteiger partial charge in [-0.25, -0.2) is 4.57 Å². The zero-order valence-corrected chi connectivity index (χ0v) is 36.5. The molecule has 0 radical (unpaired) electrons. The van der Waals surface area contributed by atoms with E-state index in [1.54, 1.807) is 6.92 Å². The van der Waals surface area contributed by atoms with Crippen LogP contribution in [0.2, 0.25) is 0 Å². The SMILES string of the molecule is CCCCCCCCCC/C=C\CCCCCCCCCCCC(=O)OC(COC(=O)CCCCCCCCCCCCCCC)COP(=O)(O)OCC. The molecule has 0 aromatic rings. The van der Waals surface area contributed by atoms with Gasteiger partial charge < -0.3 is 14.4 Å². The number of phosphoric ester groups is 1. The largest absolute Gasteiger partial charge is 0.472 e. The summed E-state index contributed by atoms with van der Waals surface area (Å²) in [5, 5.41) is 0. The van der Waals surface area contributed by atoms with E-state index in [0.717, 1.165) is 32.1 Å². The number of esters is 2. The van der Waals surface area contributed by atoms with E-state index in [-0.39, 0.29) is 32.2 Å². The number of carbonyl (C=O) groups excluding carboxylic acids is 2. The second-order valence-electron chi connectivity index (χ2n) is 15.4. The van der Waals surface area contributed by atoms with Crippen LogP contribution in [0.1, 0.15) is 239 Å². The lowest BCUT2D eigenvalue weighted by Crippen LogP contribution is -2.29. The van der Waals surface area contributed by atoms with Gasteiger partial charge in [0.05, 0.1) is 13.2 Å². The first-order chi connectivity index (χ1) is 26.3. The lowest BCUT2D eigenvalue weighted by molar-refractivity contribution is -0.161. The Hall–Kier alpha value is -1.21. The molecule has 0 saturated heterocycles. The van der Waals surface area contributed by atoms with Crippen LogP contribution in [-0.4, -0.2) is 42.8 Å². The molecule has 320 valence electrons. The second kappa shape index (κ2) is 41.4. The summed E-state index contributed by atoms with van der Waals surface area (Å²) >= 11 is 0. The third-order valence-corrected chi connectivity index (χ3v) is 11.1. The predicted octanol–water partition coefficient (Wildman–Crippen LogP) is 14.5. The number of ether oxygens (including phenoxy) is 2. The lowest BCUT2D eigenvalue weighted by atomic mass is 10.0. The normalized spacial score (nSPS) is 13.3. The minimum atomic E-state index is -4.28. The van der Waals surface area contributed by atoms with E-state index in [4.69, 9.17) is 18.5 Å². The minimum Gasteiger partial charge on any atom is -0.462 e. The molecule has 0 aromatic carbocycles. The van der Waals surface area contributed by atoms with Gasteiger partial charge in [-0.2, -0.15) is 0 Å². The molecule has 0 amide bonds. The van der Waals surface area contributed by atoms with Crippen molar-refractivity contribution >= 4 is 19.8 Å². The molecule has 0 saturated carbocycles. The zero-order chi connectivity index (χ0) is 39.6. The Morgan fingerprint density at radius 1 is 0.481 bits per heavy atom. The van der Waals surface area contributed by atoms with Crippen LogP contribution >= 0.6 is 7.82 Å². The molecule has 2 unspecified atom stereocenters. The van der Waals surface area contributed by atoms with E-state index in [9.17, 15) is 19.0 Å². The number of carbonyl (C=O) groups is 2. The molecule has 0 fully saturated rings. The summed E-state index contributed by atoms with van der Waals surface area (Å²) in [6.45, 7) is 5.51. The van der Waals surface area contributed by atoms with Gasteiger partial charge in [0.2, 0.25) is 0 Å². The maximum atomic E-state index is 12.6. The van der Waals surface area contributed by atoms with Crippen LogP contribution in [0, 0.1) is 0 Å². The number of hydrogen-bond acceptors (Lipinski definition) is 7. The second-order valence-corrected chi connectivity index (χ2v) is 16.9. The van der Waals surface area contributed by atoms with E-state index < -0.39 is 19.9 Å². The van der Waals surface area contributed by atoms with Crippen LogP contribution in [0.4, 0.5) is 0 Å². The van der Waals surface area contributed by atoms with Crippen molar-refractivity contribution in [2.75, 3.05) is 19.8 Å². The predicted molar refractivity (Wildman–Crippen MR) is 226 cm³/mol. The van der Waals surface area contributed by atoms with Crippen LogP contribution < -0.4 is 0 Å². The van der Waals surface area contributed by atoms with Gasteiger partial charge in [0.25, 0.3) is 0 Å². The summed E-state index contributed by atoms with van der Waals surface area (Å²) in [6.07, 6.45) is 44.1. The number of phosphoric acid groups is 1. The van der Waals surface area contributed by atoms with E-state index in [1.165, 1.54) is 167 Å². The van der Waals surface area contributed by atoms with E-state index >= 15 is 0 Å². The van der Waals surface area contributed by atoms with Crippen molar-refractivity contribution < 1.29 is 37.6 Å². The fourth-order valence-electron chi connectivity index (χ4n) is 6.68. The Morgan fingerprint density at radius 2 is 0.833 bits per heavy atom. The van der Waals surface area contributed by atoms with Gasteiger partial charge in [-0.15, -0.1) is 0 Å². The first-order valence-electron chi connectivity index (χ1n) is 23.0. The summed E-state index contributed by atoms with van der Waals surface area (Å²) in [5.41, 5.74) is 0. The fourth-order valence-corrected chi connectivity index (χ4v) is 7.44. The molecule has 1 N–H and O–H groups in total. The lowest BCUT2D eigenvalue weighted by Gasteiger charge is -2.19. The molecule has 8 nitrogen and oxygen atoms in total. The van der Waals surface area contributed by atoms with Crippen LogP contribution in [-0.2, 0) is 32.7 Å². The van der Waals surface area contributed by atoms with Gasteiger partial charge in [-0.1, -0.05) is 193 Å². The zero-order valence-electron chi connectivity index (χ0n) is 35.6. The molecule has 0 spiro atoms. The van der Waals surface area contributed by atoms with Gasteiger partial charge >= 0.3 is 19.8 Å². The Morgan fingerprint density at radius 3 is 1.22 bits per heavy atom. The number of unbranched alkanes of at least 4 members (excludes halogenated alkanes) is 29. The van der Waals surface area contributed by atoms with Crippen molar-refractivity contribution in [1.82, 2.24) is 0 Å². The average molecular weight is 787 g/mol. The molecule has 54 heavy (non-hydrogen) atoms. The van der Waals surface area contributed by atoms with Crippen molar-refractivity contribution in [3.63, 3.8) is 0 Å². The Bertz CT molecular complexity index is 895. The van der Waals surface area contributed by atoms with E-state index in [1.807, 2.05) is 0 Å². The summed E-state index contributed by atoms with van der Waals surface area (Å²) in [5.74, 6) is -0.788. The molecule has 9 heteroatoms. The van der Waals surface area contributed by atoms with Gasteiger partial charge in [0.1, 0.15) is 6.61 Å². The standard InChI is InChI=1S/C45H87O8P/c1-4-7-9-11-13-15-17-19-20-21-22-23-24-25-26-28-30-32-34-36-38-40-45(47)53-43(42-52-54(48,49)51-6-3)41-50-44(46)39-37-35-33-31-29-27-18-16-14-12-10-8-5-2/h21-22,43H,4-20,23-42H2,1-3H3,(H,48,49)/b22-21-. The van der Waals surface area contributed by atoms with E-state index in [0.29, 0.717) is 12.8 Å². The van der Waals surface area contributed by atoms with Crippen LogP contribution in [0.5, 0.6) is 0 Å². The molecule has 2 atom stereocenters. The topological polar surface area (TPSA) is 108 Å². The molecule has 0 rings (SSSR count). The van der Waals surface area contributed by atoms with Crippen molar-refractivity contribution in [1.29, 1.82) is 0 Å². The number of hydrogen-bond donors (Lipinski definition) is 1. The Balaban J connectivity index is 3.99. The Kier molecular flexibility index (Phi) is 40.5. The maximum Gasteiger partial charge on any atom is 0.472 e. The molecule has 0 aliphatic carbocycles. The summed E-state index contributed by atoms with van der Waals surface area (Å²) in [4.78, 5) is 34.8. The fraction of sp³-hybridized carbons (Fsp3) is 0.911. The van der Waals surface area contributed by atoms with Gasteiger partial charge in [0, 0.05) is 12.8 Å². The molecular formula is C45H87O8P. The highest BCUT2D eigenvalue weighted by Crippen LogP contribution is 2.43. The summed E-state index contributed by atoms with van der Waals surface area (Å²) < 4.78 is 32.7. The Labute approximate surface area is 333 Å². The third-order valence-electron chi connectivity index (χ3n) is 10.1. The highest BCUT2D eigenvalue weighted by molar-refractivity contribution is 7.47. The summed E-state index contributed by atoms with van der Waals surface area (Å²) in [7, 11) is -4.28. The third kappa shape index (κ3) is 40.5. The number of rotatable bonds is 43. The maximum absolute atomic E-state index is 12.6. The molecule has 0 heterocycles. The quantitative estimate of drug-likeness (QED) is 0.0282. The molecule has 0 aliphatic heterocycles. The smallest absolute Gasteiger partial charge is 0.462 e. The van der Waals surface area contributed by atoms with Crippen molar-refractivity contribution in [3.8, 4) is 0 Å². The van der Waals surface area contributed by atoms with Crippen molar-refractivity contribution in [3.05, 3.63) is 12.2 Å².